The van der Waals surface area contributed by atoms with Crippen molar-refractivity contribution in [1.29, 1.82) is 0 Å². The van der Waals surface area contributed by atoms with Crippen LogP contribution >= 0.6 is 0 Å². The standard InChI is InChI=1S/C11H18N4O3/c1-15(11-12-4-3-5-13-11)7-10(17)14-6-9(16)8-18-2/h3-5,9,16H,6-8H2,1-2H3,(H,14,17). The topological polar surface area (TPSA) is 87.6 Å². The maximum absolute atomic E-state index is 11.6. The van der Waals surface area contributed by atoms with E-state index in [4.69, 9.17) is 4.74 Å². The fourth-order valence-corrected chi connectivity index (χ4v) is 1.31. The van der Waals surface area contributed by atoms with Gasteiger partial charge in [-0.3, -0.25) is 4.79 Å². The SMILES string of the molecule is COCC(O)CNC(=O)CN(C)c1ncccn1. The number of rotatable bonds is 7. The summed E-state index contributed by atoms with van der Waals surface area (Å²) in [6, 6.07) is 1.71. The lowest BCUT2D eigenvalue weighted by atomic mass is 10.3. The molecule has 0 saturated carbocycles. The summed E-state index contributed by atoms with van der Waals surface area (Å²) in [6.07, 6.45) is 2.52. The van der Waals surface area contributed by atoms with E-state index in [1.807, 2.05) is 0 Å². The van der Waals surface area contributed by atoms with Gasteiger partial charge in [0.2, 0.25) is 11.9 Å². The molecule has 0 aliphatic rings. The third-order valence-electron chi connectivity index (χ3n) is 2.17. The van der Waals surface area contributed by atoms with Crippen LogP contribution in [0.25, 0.3) is 0 Å². The molecule has 0 aliphatic carbocycles. The van der Waals surface area contributed by atoms with Crippen LogP contribution in [0.1, 0.15) is 0 Å². The van der Waals surface area contributed by atoms with Crippen molar-refractivity contribution in [3.05, 3.63) is 18.5 Å². The molecule has 1 aromatic rings. The molecule has 7 heteroatoms. The van der Waals surface area contributed by atoms with Crippen molar-refractivity contribution < 1.29 is 14.6 Å². The first-order chi connectivity index (χ1) is 8.63. The number of ether oxygens (including phenoxy) is 1. The number of hydrogen-bond acceptors (Lipinski definition) is 6. The van der Waals surface area contributed by atoms with Crippen LogP contribution < -0.4 is 10.2 Å². The Morgan fingerprint density at radius 1 is 1.56 bits per heavy atom. The monoisotopic (exact) mass is 254 g/mol. The van der Waals surface area contributed by atoms with Gasteiger partial charge in [0.15, 0.2) is 0 Å². The number of aliphatic hydroxyl groups excluding tert-OH is 1. The fourth-order valence-electron chi connectivity index (χ4n) is 1.31. The Morgan fingerprint density at radius 3 is 2.83 bits per heavy atom. The molecule has 1 heterocycles. The molecule has 1 rings (SSSR count). The van der Waals surface area contributed by atoms with E-state index in [0.29, 0.717) is 5.95 Å². The molecule has 1 aromatic heterocycles. The summed E-state index contributed by atoms with van der Waals surface area (Å²) in [5.74, 6) is 0.269. The van der Waals surface area contributed by atoms with Crippen molar-refractivity contribution in [1.82, 2.24) is 15.3 Å². The zero-order valence-electron chi connectivity index (χ0n) is 10.5. The van der Waals surface area contributed by atoms with Gasteiger partial charge in [-0.05, 0) is 6.07 Å². The van der Waals surface area contributed by atoms with E-state index >= 15 is 0 Å². The second-order valence-electron chi connectivity index (χ2n) is 3.82. The van der Waals surface area contributed by atoms with Gasteiger partial charge < -0.3 is 20.1 Å². The number of likely N-dealkylation sites (N-methyl/N-ethyl adjacent to an activating group) is 1. The number of amides is 1. The number of nitrogens with one attached hydrogen (secondary N) is 1. The molecule has 1 amide bonds. The molecule has 0 radical (unpaired) electrons. The summed E-state index contributed by atoms with van der Waals surface area (Å²) >= 11 is 0. The molecule has 0 aliphatic heterocycles. The van der Waals surface area contributed by atoms with Gasteiger partial charge in [0, 0.05) is 33.1 Å². The largest absolute Gasteiger partial charge is 0.389 e. The van der Waals surface area contributed by atoms with Crippen LogP contribution in [-0.2, 0) is 9.53 Å². The van der Waals surface area contributed by atoms with Crippen LogP contribution in [0.5, 0.6) is 0 Å². The average Bonchev–Trinajstić information content (AvgIpc) is 2.38. The predicted octanol–water partition coefficient (Wildman–Crippen LogP) is -0.964. The van der Waals surface area contributed by atoms with E-state index in [-0.39, 0.29) is 25.6 Å². The zero-order chi connectivity index (χ0) is 13.4. The Balaban J connectivity index is 2.32. The summed E-state index contributed by atoms with van der Waals surface area (Å²) in [5.41, 5.74) is 0. The Labute approximate surface area is 106 Å². The maximum atomic E-state index is 11.6. The van der Waals surface area contributed by atoms with Gasteiger partial charge in [0.25, 0.3) is 0 Å². The fraction of sp³-hybridized carbons (Fsp3) is 0.545. The smallest absolute Gasteiger partial charge is 0.239 e. The molecule has 0 aromatic carbocycles. The van der Waals surface area contributed by atoms with E-state index in [2.05, 4.69) is 15.3 Å². The number of anilines is 1. The normalized spacial score (nSPS) is 11.9. The van der Waals surface area contributed by atoms with Gasteiger partial charge in [-0.25, -0.2) is 9.97 Å². The molecular formula is C11H18N4O3. The van der Waals surface area contributed by atoms with Crippen molar-refractivity contribution in [3.63, 3.8) is 0 Å². The first kappa shape index (κ1) is 14.3. The second-order valence-corrected chi connectivity index (χ2v) is 3.82. The van der Waals surface area contributed by atoms with E-state index in [1.165, 1.54) is 7.11 Å². The lowest BCUT2D eigenvalue weighted by Gasteiger charge is -2.17. The second kappa shape index (κ2) is 7.57. The molecular weight excluding hydrogens is 236 g/mol. The minimum absolute atomic E-state index is 0.129. The minimum Gasteiger partial charge on any atom is -0.389 e. The number of carbonyl (C=O) groups is 1. The van der Waals surface area contributed by atoms with E-state index < -0.39 is 6.10 Å². The van der Waals surface area contributed by atoms with Crippen LogP contribution in [0.3, 0.4) is 0 Å². The molecule has 2 N–H and O–H groups in total. The third-order valence-corrected chi connectivity index (χ3v) is 2.17. The van der Waals surface area contributed by atoms with Crippen LogP contribution in [0, 0.1) is 0 Å². The zero-order valence-corrected chi connectivity index (χ0v) is 10.5. The number of carbonyl (C=O) groups excluding carboxylic acids is 1. The van der Waals surface area contributed by atoms with E-state index in [0.717, 1.165) is 0 Å². The highest BCUT2D eigenvalue weighted by atomic mass is 16.5. The molecule has 7 nitrogen and oxygen atoms in total. The highest BCUT2D eigenvalue weighted by Crippen LogP contribution is 2.00. The highest BCUT2D eigenvalue weighted by molar-refractivity contribution is 5.80. The van der Waals surface area contributed by atoms with E-state index in [9.17, 15) is 9.90 Å². The van der Waals surface area contributed by atoms with Crippen molar-refractivity contribution in [2.75, 3.05) is 38.8 Å². The van der Waals surface area contributed by atoms with Crippen LogP contribution in [0.2, 0.25) is 0 Å². The first-order valence-corrected chi connectivity index (χ1v) is 5.55. The van der Waals surface area contributed by atoms with Crippen molar-refractivity contribution in [2.45, 2.75) is 6.10 Å². The number of aromatic nitrogens is 2. The average molecular weight is 254 g/mol. The summed E-state index contributed by atoms with van der Waals surface area (Å²) in [4.78, 5) is 21.2. The Hall–Kier alpha value is -1.73. The van der Waals surface area contributed by atoms with Gasteiger partial charge in [0.1, 0.15) is 0 Å². The molecule has 1 atom stereocenters. The molecule has 100 valence electrons. The quantitative estimate of drug-likeness (QED) is 0.651. The Morgan fingerprint density at radius 2 is 2.22 bits per heavy atom. The molecule has 0 fully saturated rings. The predicted molar refractivity (Wildman–Crippen MR) is 66.2 cm³/mol. The molecule has 0 saturated heterocycles. The first-order valence-electron chi connectivity index (χ1n) is 5.55. The number of aliphatic hydroxyl groups is 1. The Kier molecular flexibility index (Phi) is 6.03. The number of methoxy groups -OCH3 is 1. The number of nitrogens with zero attached hydrogens (tertiary/aromatic N) is 3. The van der Waals surface area contributed by atoms with Crippen LogP contribution in [-0.4, -0.2) is 60.9 Å². The van der Waals surface area contributed by atoms with Gasteiger partial charge in [-0.2, -0.15) is 0 Å². The summed E-state index contributed by atoms with van der Waals surface area (Å²) < 4.78 is 4.75. The maximum Gasteiger partial charge on any atom is 0.239 e. The molecule has 18 heavy (non-hydrogen) atoms. The summed E-state index contributed by atoms with van der Waals surface area (Å²) in [6.45, 7) is 0.484. The van der Waals surface area contributed by atoms with Gasteiger partial charge in [-0.1, -0.05) is 0 Å². The van der Waals surface area contributed by atoms with Gasteiger partial charge in [0.05, 0.1) is 19.3 Å². The van der Waals surface area contributed by atoms with Crippen LogP contribution in [0.4, 0.5) is 5.95 Å². The van der Waals surface area contributed by atoms with E-state index in [1.54, 1.807) is 30.4 Å². The summed E-state index contributed by atoms with van der Waals surface area (Å²) in [7, 11) is 3.21. The summed E-state index contributed by atoms with van der Waals surface area (Å²) in [5, 5.41) is 12.0. The lowest BCUT2D eigenvalue weighted by molar-refractivity contribution is -0.120. The Bertz CT molecular complexity index is 361. The van der Waals surface area contributed by atoms with Gasteiger partial charge >= 0.3 is 0 Å². The van der Waals surface area contributed by atoms with Crippen molar-refractivity contribution in [3.8, 4) is 0 Å². The highest BCUT2D eigenvalue weighted by Gasteiger charge is 2.10. The molecule has 0 bridgehead atoms. The number of hydrogen-bond donors (Lipinski definition) is 2. The van der Waals surface area contributed by atoms with Crippen LogP contribution in [0.15, 0.2) is 18.5 Å². The molecule has 1 unspecified atom stereocenters. The van der Waals surface area contributed by atoms with Crippen molar-refractivity contribution >= 4 is 11.9 Å². The minimum atomic E-state index is -0.697. The van der Waals surface area contributed by atoms with Gasteiger partial charge in [-0.15, -0.1) is 0 Å². The third kappa shape index (κ3) is 5.07. The lowest BCUT2D eigenvalue weighted by Crippen LogP contribution is -2.40. The molecule has 0 spiro atoms. The van der Waals surface area contributed by atoms with Crippen molar-refractivity contribution in [2.24, 2.45) is 0 Å².